The molecule has 140 valence electrons. The van der Waals surface area contributed by atoms with E-state index in [0.29, 0.717) is 24.2 Å². The first-order chi connectivity index (χ1) is 13.7. The van der Waals surface area contributed by atoms with Gasteiger partial charge in [-0.1, -0.05) is 60.7 Å². The summed E-state index contributed by atoms with van der Waals surface area (Å²) in [7, 11) is 1.40. The Morgan fingerprint density at radius 2 is 1.50 bits per heavy atom. The highest BCUT2D eigenvalue weighted by Gasteiger charge is 2.37. The molecule has 2 unspecified atom stereocenters. The first-order valence-corrected chi connectivity index (χ1v) is 9.45. The normalized spacial score (nSPS) is 19.3. The lowest BCUT2D eigenvalue weighted by atomic mass is 9.95. The van der Waals surface area contributed by atoms with Gasteiger partial charge in [0.25, 0.3) is 0 Å². The van der Waals surface area contributed by atoms with Gasteiger partial charge < -0.3 is 14.2 Å². The van der Waals surface area contributed by atoms with Crippen LogP contribution in [-0.2, 0) is 17.6 Å². The topological polar surface area (TPSA) is 44.8 Å². The van der Waals surface area contributed by atoms with Gasteiger partial charge in [-0.3, -0.25) is 0 Å². The van der Waals surface area contributed by atoms with E-state index in [0.717, 1.165) is 28.0 Å². The molecule has 0 fully saturated rings. The number of fused-ring (bicyclic) bond motifs is 2. The van der Waals surface area contributed by atoms with E-state index >= 15 is 0 Å². The Morgan fingerprint density at radius 1 is 0.893 bits per heavy atom. The van der Waals surface area contributed by atoms with Crippen molar-refractivity contribution in [2.45, 2.75) is 25.0 Å². The average Bonchev–Trinajstić information content (AvgIpc) is 3.36. The van der Waals surface area contributed by atoms with Crippen molar-refractivity contribution in [1.29, 1.82) is 0 Å². The maximum atomic E-state index is 12.7. The van der Waals surface area contributed by atoms with Gasteiger partial charge >= 0.3 is 5.97 Å². The highest BCUT2D eigenvalue weighted by Crippen LogP contribution is 2.48. The van der Waals surface area contributed by atoms with Crippen LogP contribution in [0.15, 0.2) is 66.7 Å². The second kappa shape index (κ2) is 6.71. The number of carbonyl (C=O) groups is 1. The molecule has 0 spiro atoms. The largest absolute Gasteiger partial charge is 0.485 e. The molecule has 0 aliphatic carbocycles. The lowest BCUT2D eigenvalue weighted by Crippen LogP contribution is -2.09. The van der Waals surface area contributed by atoms with E-state index in [1.807, 2.05) is 66.7 Å². The fourth-order valence-corrected chi connectivity index (χ4v) is 4.11. The van der Waals surface area contributed by atoms with Gasteiger partial charge in [0.05, 0.1) is 7.11 Å². The molecule has 0 N–H and O–H groups in total. The Balaban J connectivity index is 1.54. The Bertz CT molecular complexity index is 954. The van der Waals surface area contributed by atoms with Gasteiger partial charge in [-0.05, 0) is 17.2 Å². The smallest absolute Gasteiger partial charge is 0.342 e. The van der Waals surface area contributed by atoms with Crippen molar-refractivity contribution in [3.8, 4) is 11.5 Å². The predicted molar refractivity (Wildman–Crippen MR) is 105 cm³/mol. The van der Waals surface area contributed by atoms with Crippen LogP contribution in [0, 0.1) is 0 Å². The van der Waals surface area contributed by atoms with E-state index in [9.17, 15) is 4.79 Å². The first-order valence-electron chi connectivity index (χ1n) is 9.45. The summed E-state index contributed by atoms with van der Waals surface area (Å²) in [6.45, 7) is 0. The van der Waals surface area contributed by atoms with Crippen molar-refractivity contribution in [3.05, 3.63) is 94.5 Å². The third-order valence-corrected chi connectivity index (χ3v) is 5.48. The summed E-state index contributed by atoms with van der Waals surface area (Å²) in [4.78, 5) is 12.7. The molecule has 0 saturated heterocycles. The zero-order valence-corrected chi connectivity index (χ0v) is 15.6. The van der Waals surface area contributed by atoms with Crippen LogP contribution in [0.2, 0.25) is 0 Å². The van der Waals surface area contributed by atoms with Gasteiger partial charge in [0.1, 0.15) is 29.3 Å². The first kappa shape index (κ1) is 16.9. The summed E-state index contributed by atoms with van der Waals surface area (Å²) in [6, 6.07) is 22.2. The second-order valence-electron chi connectivity index (χ2n) is 7.15. The molecule has 2 atom stereocenters. The van der Waals surface area contributed by atoms with Crippen LogP contribution in [-0.4, -0.2) is 13.1 Å². The van der Waals surface area contributed by atoms with E-state index < -0.39 is 0 Å². The zero-order valence-electron chi connectivity index (χ0n) is 15.6. The number of methoxy groups -OCH3 is 1. The Morgan fingerprint density at radius 3 is 2.11 bits per heavy atom. The number of hydrogen-bond donors (Lipinski definition) is 0. The Labute approximate surface area is 163 Å². The summed E-state index contributed by atoms with van der Waals surface area (Å²) < 4.78 is 17.6. The van der Waals surface area contributed by atoms with Gasteiger partial charge in [-0.2, -0.15) is 0 Å². The van der Waals surface area contributed by atoms with Gasteiger partial charge in [-0.15, -0.1) is 0 Å². The van der Waals surface area contributed by atoms with Crippen LogP contribution in [0.4, 0.5) is 0 Å². The molecule has 5 rings (SSSR count). The molecule has 2 aliphatic rings. The van der Waals surface area contributed by atoms with Crippen molar-refractivity contribution in [2.75, 3.05) is 7.11 Å². The molecule has 4 heteroatoms. The molecular weight excluding hydrogens is 352 g/mol. The number of benzene rings is 3. The number of ether oxygens (including phenoxy) is 3. The molecule has 2 heterocycles. The monoisotopic (exact) mass is 372 g/mol. The third-order valence-electron chi connectivity index (χ3n) is 5.48. The van der Waals surface area contributed by atoms with Gasteiger partial charge in [0.15, 0.2) is 0 Å². The molecule has 0 radical (unpaired) electrons. The fourth-order valence-electron chi connectivity index (χ4n) is 4.11. The van der Waals surface area contributed by atoms with Crippen LogP contribution in [0.1, 0.15) is 44.8 Å². The van der Waals surface area contributed by atoms with Crippen molar-refractivity contribution >= 4 is 5.97 Å². The van der Waals surface area contributed by atoms with Gasteiger partial charge in [0.2, 0.25) is 0 Å². The van der Waals surface area contributed by atoms with Gasteiger partial charge in [0, 0.05) is 24.0 Å². The predicted octanol–water partition coefficient (Wildman–Crippen LogP) is 4.83. The van der Waals surface area contributed by atoms with Crippen LogP contribution >= 0.6 is 0 Å². The minimum atomic E-state index is -0.376. The molecule has 2 aliphatic heterocycles. The highest BCUT2D eigenvalue weighted by molar-refractivity contribution is 5.96. The lowest BCUT2D eigenvalue weighted by molar-refractivity contribution is 0.0594. The van der Waals surface area contributed by atoms with Crippen molar-refractivity contribution in [2.24, 2.45) is 0 Å². The quantitative estimate of drug-likeness (QED) is 0.618. The molecule has 28 heavy (non-hydrogen) atoms. The summed E-state index contributed by atoms with van der Waals surface area (Å²) in [6.07, 6.45) is 1.12. The fraction of sp³-hybridized carbons (Fsp3) is 0.208. The molecule has 0 saturated carbocycles. The van der Waals surface area contributed by atoms with Gasteiger partial charge in [-0.25, -0.2) is 4.79 Å². The summed E-state index contributed by atoms with van der Waals surface area (Å²) in [5, 5.41) is 0. The van der Waals surface area contributed by atoms with E-state index in [4.69, 9.17) is 14.2 Å². The summed E-state index contributed by atoms with van der Waals surface area (Å²) in [5.74, 6) is 1.02. The minimum Gasteiger partial charge on any atom is -0.485 e. The lowest BCUT2D eigenvalue weighted by Gasteiger charge is -2.13. The maximum absolute atomic E-state index is 12.7. The molecule has 0 amide bonds. The summed E-state index contributed by atoms with van der Waals surface area (Å²) >= 11 is 0. The van der Waals surface area contributed by atoms with E-state index in [2.05, 4.69) is 0 Å². The highest BCUT2D eigenvalue weighted by atomic mass is 16.5. The average molecular weight is 372 g/mol. The second-order valence-corrected chi connectivity index (χ2v) is 7.15. The van der Waals surface area contributed by atoms with Crippen molar-refractivity contribution in [3.63, 3.8) is 0 Å². The van der Waals surface area contributed by atoms with Crippen LogP contribution < -0.4 is 9.47 Å². The SMILES string of the molecule is COC(=O)c1c2c(cc3c1OC(c1ccccc1)C3)OC(c1ccccc1)C2. The van der Waals surface area contributed by atoms with Crippen LogP contribution in [0.25, 0.3) is 0 Å². The minimum absolute atomic E-state index is 0.105. The Hall–Kier alpha value is -3.27. The molecule has 3 aromatic carbocycles. The van der Waals surface area contributed by atoms with E-state index in [-0.39, 0.29) is 18.2 Å². The number of hydrogen-bond acceptors (Lipinski definition) is 4. The van der Waals surface area contributed by atoms with E-state index in [1.165, 1.54) is 7.11 Å². The standard InChI is InChI=1S/C24H20O4/c1-26-24(25)22-18-14-20(16-10-6-3-7-11-16)27-21(18)13-17-12-19(28-23(17)22)15-8-4-2-5-9-15/h2-11,13,19-20H,12,14H2,1H3. The number of esters is 1. The Kier molecular flexibility index (Phi) is 4.05. The number of carbonyl (C=O) groups excluding carboxylic acids is 1. The van der Waals surface area contributed by atoms with E-state index in [1.54, 1.807) is 0 Å². The van der Waals surface area contributed by atoms with Crippen molar-refractivity contribution in [1.82, 2.24) is 0 Å². The maximum Gasteiger partial charge on any atom is 0.342 e. The van der Waals surface area contributed by atoms with Crippen molar-refractivity contribution < 1.29 is 19.0 Å². The molecule has 0 bridgehead atoms. The molecule has 3 aromatic rings. The van der Waals surface area contributed by atoms with Crippen LogP contribution in [0.5, 0.6) is 11.5 Å². The van der Waals surface area contributed by atoms with Crippen LogP contribution in [0.3, 0.4) is 0 Å². The third kappa shape index (κ3) is 2.73. The zero-order chi connectivity index (χ0) is 19.1. The number of rotatable bonds is 3. The molecule has 4 nitrogen and oxygen atoms in total. The summed E-state index contributed by atoms with van der Waals surface area (Å²) in [5.41, 5.74) is 4.55. The molecular formula is C24H20O4. The molecule has 0 aromatic heterocycles.